The smallest absolute Gasteiger partial charge is 0.241 e. The molecular weight excluding hydrogens is 290 g/mol. The number of carbonyl (C=O) groups is 1. The fourth-order valence-corrected chi connectivity index (χ4v) is 4.45. The molecule has 3 N–H and O–H groups in total. The highest BCUT2D eigenvalue weighted by Gasteiger charge is 2.27. The molecule has 6 nitrogen and oxygen atoms in total. The van der Waals surface area contributed by atoms with Gasteiger partial charge in [-0.3, -0.25) is 4.79 Å². The number of fused-ring (bicyclic) bond motifs is 1. The summed E-state index contributed by atoms with van der Waals surface area (Å²) in [6.07, 6.45) is 1.62. The predicted octanol–water partition coefficient (Wildman–Crippen LogP) is -0.111. The standard InChI is InChI=1S/C14H19N3O3S/c18-14-5-4-11(9-16-14)17-21(19,20)13-3-1-2-10-8-15-7-6-12(10)13/h1-3,11,15,17H,4-9H2,(H,16,18). The number of carbonyl (C=O) groups excluding carboxylic acids is 1. The summed E-state index contributed by atoms with van der Waals surface area (Å²) in [4.78, 5) is 11.5. The van der Waals surface area contributed by atoms with Crippen molar-refractivity contribution in [2.45, 2.75) is 36.7 Å². The molecule has 114 valence electrons. The summed E-state index contributed by atoms with van der Waals surface area (Å²) in [5, 5.41) is 5.94. The first-order valence-corrected chi connectivity index (χ1v) is 8.65. The number of rotatable bonds is 3. The van der Waals surface area contributed by atoms with Gasteiger partial charge < -0.3 is 10.6 Å². The van der Waals surface area contributed by atoms with Crippen molar-refractivity contribution < 1.29 is 13.2 Å². The first-order valence-electron chi connectivity index (χ1n) is 7.17. The van der Waals surface area contributed by atoms with Crippen LogP contribution in [0.15, 0.2) is 23.1 Å². The van der Waals surface area contributed by atoms with Crippen molar-refractivity contribution in [3.05, 3.63) is 29.3 Å². The van der Waals surface area contributed by atoms with Crippen LogP contribution in [0.25, 0.3) is 0 Å². The minimum Gasteiger partial charge on any atom is -0.355 e. The third-order valence-electron chi connectivity index (χ3n) is 3.97. The van der Waals surface area contributed by atoms with Crippen LogP contribution in [0.1, 0.15) is 24.0 Å². The molecule has 7 heteroatoms. The van der Waals surface area contributed by atoms with Crippen LogP contribution in [0.3, 0.4) is 0 Å². The van der Waals surface area contributed by atoms with Crippen molar-refractivity contribution in [2.75, 3.05) is 13.1 Å². The van der Waals surface area contributed by atoms with Crippen molar-refractivity contribution in [3.8, 4) is 0 Å². The molecule has 1 fully saturated rings. The van der Waals surface area contributed by atoms with Gasteiger partial charge in [-0.2, -0.15) is 0 Å². The SMILES string of the molecule is O=C1CCC(NS(=O)(=O)c2cccc3c2CCNC3)CN1. The van der Waals surface area contributed by atoms with Gasteiger partial charge in [0.1, 0.15) is 0 Å². The minimum absolute atomic E-state index is 0.0198. The summed E-state index contributed by atoms with van der Waals surface area (Å²) in [6.45, 7) is 1.85. The van der Waals surface area contributed by atoms with E-state index in [2.05, 4.69) is 15.4 Å². The van der Waals surface area contributed by atoms with E-state index in [0.29, 0.717) is 37.2 Å². The Kier molecular flexibility index (Phi) is 3.97. The number of piperidine rings is 1. The van der Waals surface area contributed by atoms with Gasteiger partial charge in [0.2, 0.25) is 15.9 Å². The molecule has 3 rings (SSSR count). The molecule has 2 heterocycles. The Morgan fingerprint density at radius 2 is 2.10 bits per heavy atom. The maximum atomic E-state index is 12.6. The third kappa shape index (κ3) is 3.09. The zero-order valence-electron chi connectivity index (χ0n) is 11.7. The Morgan fingerprint density at radius 3 is 2.86 bits per heavy atom. The van der Waals surface area contributed by atoms with E-state index in [9.17, 15) is 13.2 Å². The Labute approximate surface area is 124 Å². The average molecular weight is 309 g/mol. The lowest BCUT2D eigenvalue weighted by molar-refractivity contribution is -0.122. The molecule has 0 bridgehead atoms. The number of hydrogen-bond acceptors (Lipinski definition) is 4. The Morgan fingerprint density at radius 1 is 1.24 bits per heavy atom. The van der Waals surface area contributed by atoms with Crippen LogP contribution < -0.4 is 15.4 Å². The highest BCUT2D eigenvalue weighted by atomic mass is 32.2. The predicted molar refractivity (Wildman–Crippen MR) is 78.2 cm³/mol. The zero-order valence-corrected chi connectivity index (χ0v) is 12.5. The second-order valence-electron chi connectivity index (χ2n) is 5.48. The van der Waals surface area contributed by atoms with E-state index < -0.39 is 10.0 Å². The molecule has 1 aromatic rings. The van der Waals surface area contributed by atoms with Crippen LogP contribution in [0.5, 0.6) is 0 Å². The number of nitrogens with one attached hydrogen (secondary N) is 3. The topological polar surface area (TPSA) is 87.3 Å². The second-order valence-corrected chi connectivity index (χ2v) is 7.16. The first-order chi connectivity index (χ1) is 10.1. The van der Waals surface area contributed by atoms with E-state index in [1.54, 1.807) is 12.1 Å². The summed E-state index contributed by atoms with van der Waals surface area (Å²) in [6, 6.07) is 5.17. The van der Waals surface area contributed by atoms with Crippen molar-refractivity contribution in [1.82, 2.24) is 15.4 Å². The van der Waals surface area contributed by atoms with E-state index in [4.69, 9.17) is 0 Å². The van der Waals surface area contributed by atoms with Gasteiger partial charge >= 0.3 is 0 Å². The first kappa shape index (κ1) is 14.5. The number of sulfonamides is 1. The van der Waals surface area contributed by atoms with Crippen molar-refractivity contribution >= 4 is 15.9 Å². The summed E-state index contributed by atoms with van der Waals surface area (Å²) in [5.41, 5.74) is 1.95. The molecule has 1 atom stereocenters. The molecule has 0 aliphatic carbocycles. The van der Waals surface area contributed by atoms with Crippen molar-refractivity contribution in [3.63, 3.8) is 0 Å². The highest BCUT2D eigenvalue weighted by molar-refractivity contribution is 7.89. The minimum atomic E-state index is -3.55. The average Bonchev–Trinajstić information content (AvgIpc) is 2.49. The Balaban J connectivity index is 1.83. The largest absolute Gasteiger partial charge is 0.355 e. The highest BCUT2D eigenvalue weighted by Crippen LogP contribution is 2.23. The third-order valence-corrected chi connectivity index (χ3v) is 5.58. The second kappa shape index (κ2) is 5.75. The van der Waals surface area contributed by atoms with Gasteiger partial charge in [0, 0.05) is 25.6 Å². The molecule has 1 saturated heterocycles. The van der Waals surface area contributed by atoms with Gasteiger partial charge in [-0.05, 0) is 36.6 Å². The number of hydrogen-bond donors (Lipinski definition) is 3. The molecule has 2 aliphatic rings. The van der Waals surface area contributed by atoms with Gasteiger partial charge in [0.05, 0.1) is 4.90 Å². The molecule has 1 aromatic carbocycles. The maximum Gasteiger partial charge on any atom is 0.241 e. The van der Waals surface area contributed by atoms with E-state index >= 15 is 0 Å². The van der Waals surface area contributed by atoms with Crippen molar-refractivity contribution in [2.24, 2.45) is 0 Å². The van der Waals surface area contributed by atoms with Gasteiger partial charge in [-0.1, -0.05) is 12.1 Å². The molecule has 0 radical (unpaired) electrons. The Bertz CT molecular complexity index is 647. The van der Waals surface area contributed by atoms with Crippen LogP contribution >= 0.6 is 0 Å². The molecule has 1 unspecified atom stereocenters. The van der Waals surface area contributed by atoms with Gasteiger partial charge in [0.25, 0.3) is 0 Å². The van der Waals surface area contributed by atoms with Gasteiger partial charge in [-0.15, -0.1) is 0 Å². The monoisotopic (exact) mass is 309 g/mol. The van der Waals surface area contributed by atoms with E-state index in [1.165, 1.54) is 0 Å². The zero-order chi connectivity index (χ0) is 14.9. The van der Waals surface area contributed by atoms with E-state index in [0.717, 1.165) is 17.7 Å². The van der Waals surface area contributed by atoms with E-state index in [1.807, 2.05) is 6.07 Å². The van der Waals surface area contributed by atoms with Gasteiger partial charge in [-0.25, -0.2) is 13.1 Å². The molecule has 0 aromatic heterocycles. The summed E-state index contributed by atoms with van der Waals surface area (Å²) in [5.74, 6) is -0.0198. The quantitative estimate of drug-likeness (QED) is 0.727. The van der Waals surface area contributed by atoms with Crippen LogP contribution in [0.2, 0.25) is 0 Å². The van der Waals surface area contributed by atoms with Crippen LogP contribution in [-0.2, 0) is 27.8 Å². The summed E-state index contributed by atoms with van der Waals surface area (Å²) >= 11 is 0. The summed E-state index contributed by atoms with van der Waals surface area (Å²) in [7, 11) is -3.55. The number of amides is 1. The molecule has 2 aliphatic heterocycles. The molecular formula is C14H19N3O3S. The van der Waals surface area contributed by atoms with E-state index in [-0.39, 0.29) is 11.9 Å². The number of benzene rings is 1. The normalized spacial score (nSPS) is 22.5. The van der Waals surface area contributed by atoms with Crippen LogP contribution in [0.4, 0.5) is 0 Å². The maximum absolute atomic E-state index is 12.6. The summed E-state index contributed by atoms with van der Waals surface area (Å²) < 4.78 is 27.9. The van der Waals surface area contributed by atoms with Gasteiger partial charge in [0.15, 0.2) is 0 Å². The fourth-order valence-electron chi connectivity index (χ4n) is 2.86. The lowest BCUT2D eigenvalue weighted by atomic mass is 10.0. The Hall–Kier alpha value is -1.44. The lowest BCUT2D eigenvalue weighted by Crippen LogP contribution is -2.47. The van der Waals surface area contributed by atoms with Crippen LogP contribution in [-0.4, -0.2) is 33.5 Å². The molecule has 1 amide bonds. The fraction of sp³-hybridized carbons (Fsp3) is 0.500. The van der Waals surface area contributed by atoms with Crippen LogP contribution in [0, 0.1) is 0 Å². The molecule has 21 heavy (non-hydrogen) atoms. The molecule has 0 spiro atoms. The molecule has 0 saturated carbocycles. The lowest BCUT2D eigenvalue weighted by Gasteiger charge is -2.25. The van der Waals surface area contributed by atoms with Crippen molar-refractivity contribution in [1.29, 1.82) is 0 Å².